The van der Waals surface area contributed by atoms with Crippen LogP contribution < -0.4 is 10.6 Å². The van der Waals surface area contributed by atoms with Crippen molar-refractivity contribution < 1.29 is 9.53 Å². The molecule has 4 nitrogen and oxygen atoms in total. The molecule has 5 heteroatoms. The van der Waals surface area contributed by atoms with Crippen molar-refractivity contribution in [1.29, 1.82) is 0 Å². The first-order valence-corrected chi connectivity index (χ1v) is 4.46. The molecule has 1 aliphatic heterocycles. The van der Waals surface area contributed by atoms with Crippen LogP contribution in [0.3, 0.4) is 0 Å². The molecule has 0 bridgehead atoms. The highest BCUT2D eigenvalue weighted by Crippen LogP contribution is 2.14. The maximum absolute atomic E-state index is 10.6. The fraction of sp³-hybridized carbons (Fsp3) is 0.833. The molecule has 0 aromatic heterocycles. The largest absolute Gasteiger partial charge is 0.377 e. The minimum Gasteiger partial charge on any atom is -0.377 e. The van der Waals surface area contributed by atoms with E-state index in [4.69, 9.17) is 4.74 Å². The van der Waals surface area contributed by atoms with Gasteiger partial charge in [-0.3, -0.25) is 4.79 Å². The molecule has 0 spiro atoms. The van der Waals surface area contributed by atoms with Gasteiger partial charge < -0.3 is 15.4 Å². The Hall–Kier alpha value is 0.120. The molecule has 0 radical (unpaired) electrons. The van der Waals surface area contributed by atoms with E-state index in [2.05, 4.69) is 10.6 Å². The third-order valence-corrected chi connectivity index (χ3v) is 2.23. The molecular weight excluding hydrogens is 259 g/mol. The zero-order valence-electron chi connectivity index (χ0n) is 6.32. The fourth-order valence-electron chi connectivity index (χ4n) is 0.922. The lowest BCUT2D eigenvalue weighted by Gasteiger charge is -2.41. The number of amides is 1. The van der Waals surface area contributed by atoms with Crippen LogP contribution in [0.1, 0.15) is 0 Å². The average Bonchev–Trinajstić information content (AvgIpc) is 1.86. The van der Waals surface area contributed by atoms with Gasteiger partial charge >= 0.3 is 0 Å². The van der Waals surface area contributed by atoms with E-state index in [9.17, 15) is 4.79 Å². The van der Waals surface area contributed by atoms with Gasteiger partial charge in [-0.1, -0.05) is 0 Å². The standard InChI is InChI=1S/C6H11IN2O2/c1-8-6(3-11-4-6)2-9-5(7)10/h8H,2-4H2,1H3,(H,9,10). The van der Waals surface area contributed by atoms with Gasteiger partial charge in [0.2, 0.25) is 0 Å². The van der Waals surface area contributed by atoms with Crippen LogP contribution in [-0.2, 0) is 4.74 Å². The molecule has 1 rings (SSSR count). The van der Waals surface area contributed by atoms with Crippen molar-refractivity contribution in [3.8, 4) is 0 Å². The highest BCUT2D eigenvalue weighted by Gasteiger charge is 2.36. The summed E-state index contributed by atoms with van der Waals surface area (Å²) >= 11 is 1.72. The van der Waals surface area contributed by atoms with Crippen molar-refractivity contribution in [1.82, 2.24) is 10.6 Å². The maximum atomic E-state index is 10.6. The third kappa shape index (κ3) is 2.28. The van der Waals surface area contributed by atoms with Crippen LogP contribution in [0.25, 0.3) is 0 Å². The number of hydrogen-bond donors (Lipinski definition) is 2. The van der Waals surface area contributed by atoms with Gasteiger partial charge in [0, 0.05) is 29.1 Å². The summed E-state index contributed by atoms with van der Waals surface area (Å²) in [6.07, 6.45) is 0. The first-order valence-electron chi connectivity index (χ1n) is 3.38. The Bertz CT molecular complexity index is 153. The van der Waals surface area contributed by atoms with Crippen molar-refractivity contribution in [3.05, 3.63) is 0 Å². The van der Waals surface area contributed by atoms with Crippen LogP contribution in [0.4, 0.5) is 4.79 Å². The zero-order valence-corrected chi connectivity index (χ0v) is 8.47. The molecule has 64 valence electrons. The van der Waals surface area contributed by atoms with Gasteiger partial charge in [-0.05, 0) is 7.05 Å². The van der Waals surface area contributed by atoms with E-state index in [1.165, 1.54) is 0 Å². The predicted molar refractivity (Wildman–Crippen MR) is 50.0 cm³/mol. The summed E-state index contributed by atoms with van der Waals surface area (Å²) in [7, 11) is 1.88. The van der Waals surface area contributed by atoms with E-state index in [0.29, 0.717) is 19.8 Å². The monoisotopic (exact) mass is 270 g/mol. The normalized spacial score (nSPS) is 20.5. The van der Waals surface area contributed by atoms with Gasteiger partial charge in [0.15, 0.2) is 0 Å². The summed E-state index contributed by atoms with van der Waals surface area (Å²) in [5.74, 6) is 0. The van der Waals surface area contributed by atoms with Crippen molar-refractivity contribution >= 4 is 26.5 Å². The average molecular weight is 270 g/mol. The molecule has 0 unspecified atom stereocenters. The quantitative estimate of drug-likeness (QED) is 0.435. The van der Waals surface area contributed by atoms with Crippen molar-refractivity contribution in [2.24, 2.45) is 0 Å². The van der Waals surface area contributed by atoms with Crippen molar-refractivity contribution in [3.63, 3.8) is 0 Å². The van der Waals surface area contributed by atoms with Crippen LogP contribution in [0.2, 0.25) is 0 Å². The molecule has 11 heavy (non-hydrogen) atoms. The second-order valence-corrected chi connectivity index (χ2v) is 3.63. The Kier molecular flexibility index (Phi) is 3.08. The lowest BCUT2D eigenvalue weighted by molar-refractivity contribution is -0.0676. The fourth-order valence-corrected chi connectivity index (χ4v) is 1.11. The van der Waals surface area contributed by atoms with Gasteiger partial charge in [-0.15, -0.1) is 0 Å². The van der Waals surface area contributed by atoms with Gasteiger partial charge in [0.25, 0.3) is 3.91 Å². The van der Waals surface area contributed by atoms with Crippen LogP contribution in [0.5, 0.6) is 0 Å². The molecule has 1 fully saturated rings. The topological polar surface area (TPSA) is 50.4 Å². The van der Waals surface area contributed by atoms with E-state index in [-0.39, 0.29) is 9.45 Å². The summed E-state index contributed by atoms with van der Waals surface area (Å²) in [5, 5.41) is 5.87. The molecule has 0 saturated carbocycles. The molecule has 0 aromatic carbocycles. The predicted octanol–water partition coefficient (Wildman–Crippen LogP) is 0.119. The van der Waals surface area contributed by atoms with Gasteiger partial charge in [0.1, 0.15) is 0 Å². The van der Waals surface area contributed by atoms with E-state index in [1.807, 2.05) is 7.05 Å². The molecule has 2 N–H and O–H groups in total. The Morgan fingerprint density at radius 2 is 2.36 bits per heavy atom. The lowest BCUT2D eigenvalue weighted by Crippen LogP contribution is -2.64. The first kappa shape index (κ1) is 9.21. The number of halogens is 1. The van der Waals surface area contributed by atoms with E-state index >= 15 is 0 Å². The molecule has 1 aliphatic rings. The van der Waals surface area contributed by atoms with Crippen LogP contribution >= 0.6 is 22.6 Å². The van der Waals surface area contributed by atoms with Crippen LogP contribution in [0, 0.1) is 0 Å². The molecule has 0 aliphatic carbocycles. The lowest BCUT2D eigenvalue weighted by atomic mass is 9.98. The van der Waals surface area contributed by atoms with Crippen LogP contribution in [0.15, 0.2) is 0 Å². The minimum absolute atomic E-state index is 0.0131. The number of ether oxygens (including phenoxy) is 1. The molecule has 1 heterocycles. The number of nitrogens with one attached hydrogen (secondary N) is 2. The smallest absolute Gasteiger partial charge is 0.280 e. The van der Waals surface area contributed by atoms with Gasteiger partial charge in [-0.25, -0.2) is 0 Å². The second-order valence-electron chi connectivity index (χ2n) is 2.65. The molecule has 1 amide bonds. The summed E-state index contributed by atoms with van der Waals surface area (Å²) in [6.45, 7) is 2.01. The second kappa shape index (κ2) is 3.68. The summed E-state index contributed by atoms with van der Waals surface area (Å²) in [5.41, 5.74) is -0.0131. The maximum Gasteiger partial charge on any atom is 0.280 e. The van der Waals surface area contributed by atoms with E-state index in [1.54, 1.807) is 22.6 Å². The number of rotatable bonds is 3. The Balaban J connectivity index is 2.27. The summed E-state index contributed by atoms with van der Waals surface area (Å²) in [4.78, 5) is 10.6. The first-order chi connectivity index (χ1) is 5.18. The van der Waals surface area contributed by atoms with Gasteiger partial charge in [0.05, 0.1) is 18.8 Å². The van der Waals surface area contributed by atoms with Gasteiger partial charge in [-0.2, -0.15) is 0 Å². The number of likely N-dealkylation sites (N-methyl/N-ethyl adjacent to an activating group) is 1. The Morgan fingerprint density at radius 1 is 1.73 bits per heavy atom. The summed E-state index contributed by atoms with van der Waals surface area (Å²) in [6, 6.07) is 0. The Morgan fingerprint density at radius 3 is 2.64 bits per heavy atom. The zero-order chi connectivity index (χ0) is 8.32. The number of carbonyl (C=O) groups excluding carboxylic acids is 1. The van der Waals surface area contributed by atoms with E-state index < -0.39 is 0 Å². The third-order valence-electron chi connectivity index (χ3n) is 1.85. The summed E-state index contributed by atoms with van der Waals surface area (Å²) < 4.78 is 5.02. The van der Waals surface area contributed by atoms with Crippen molar-refractivity contribution in [2.75, 3.05) is 26.8 Å². The van der Waals surface area contributed by atoms with Crippen LogP contribution in [-0.4, -0.2) is 36.3 Å². The van der Waals surface area contributed by atoms with Crippen molar-refractivity contribution in [2.45, 2.75) is 5.54 Å². The molecular formula is C6H11IN2O2. The van der Waals surface area contributed by atoms with E-state index in [0.717, 1.165) is 0 Å². The minimum atomic E-state index is -0.0240. The highest BCUT2D eigenvalue weighted by molar-refractivity contribution is 14.1. The highest BCUT2D eigenvalue weighted by atomic mass is 127. The molecule has 1 saturated heterocycles. The Labute approximate surface area is 79.2 Å². The molecule has 0 aromatic rings. The number of carbonyl (C=O) groups is 1. The number of hydrogen-bond acceptors (Lipinski definition) is 3. The molecule has 0 atom stereocenters. The SMILES string of the molecule is CNC1(CNC(=O)I)COC1.